The van der Waals surface area contributed by atoms with Crippen LogP contribution in [0.5, 0.6) is 0 Å². The molecule has 6 nitrogen and oxygen atoms in total. The number of nitrogens with zero attached hydrogens (tertiary/aromatic N) is 2. The summed E-state index contributed by atoms with van der Waals surface area (Å²) >= 11 is 0. The molecule has 0 saturated heterocycles. The Morgan fingerprint density at radius 2 is 2.04 bits per heavy atom. The van der Waals surface area contributed by atoms with Gasteiger partial charge in [-0.05, 0) is 25.1 Å². The molecule has 1 aromatic carbocycles. The highest BCUT2D eigenvalue weighted by molar-refractivity contribution is 5.83. The topological polar surface area (TPSA) is 77.5 Å². The summed E-state index contributed by atoms with van der Waals surface area (Å²) in [5, 5.41) is 15.8. The van der Waals surface area contributed by atoms with Gasteiger partial charge in [0.05, 0.1) is 36.6 Å². The van der Waals surface area contributed by atoms with Gasteiger partial charge in [-0.2, -0.15) is 5.10 Å². The van der Waals surface area contributed by atoms with E-state index in [1.54, 1.807) is 24.5 Å². The molecule has 0 amide bonds. The summed E-state index contributed by atoms with van der Waals surface area (Å²) in [4.78, 5) is 12.4. The summed E-state index contributed by atoms with van der Waals surface area (Å²) in [5.41, 5.74) is 0.542. The summed E-state index contributed by atoms with van der Waals surface area (Å²) in [6.45, 7) is 2.31. The maximum absolute atomic E-state index is 12.4. The fourth-order valence-electron chi connectivity index (χ4n) is 2.47. The third-order valence-corrected chi connectivity index (χ3v) is 3.57. The van der Waals surface area contributed by atoms with Crippen LogP contribution in [-0.4, -0.2) is 27.6 Å². The van der Waals surface area contributed by atoms with Gasteiger partial charge in [-0.3, -0.25) is 4.79 Å². The van der Waals surface area contributed by atoms with E-state index in [2.05, 4.69) is 5.10 Å². The Morgan fingerprint density at radius 3 is 2.78 bits per heavy atom. The molecule has 0 unspecified atom stereocenters. The fourth-order valence-corrected chi connectivity index (χ4v) is 2.47. The van der Waals surface area contributed by atoms with E-state index in [1.807, 2.05) is 25.1 Å². The minimum absolute atomic E-state index is 0.0860. The van der Waals surface area contributed by atoms with Crippen molar-refractivity contribution in [2.75, 3.05) is 6.61 Å². The molecule has 0 saturated carbocycles. The number of hydrogen-bond acceptors (Lipinski definition) is 5. The number of furan rings is 1. The quantitative estimate of drug-likeness (QED) is 0.751. The lowest BCUT2D eigenvalue weighted by atomic mass is 10.1. The highest BCUT2D eigenvalue weighted by Gasteiger charge is 2.12. The molecule has 1 N–H and O–H groups in total. The van der Waals surface area contributed by atoms with Crippen LogP contribution in [0.15, 0.2) is 51.9 Å². The van der Waals surface area contributed by atoms with Gasteiger partial charge in [0.15, 0.2) is 0 Å². The number of aliphatic hydroxyl groups excluding tert-OH is 1. The average molecular weight is 314 g/mol. The Balaban J connectivity index is 1.68. The molecular weight excluding hydrogens is 296 g/mol. The van der Waals surface area contributed by atoms with E-state index in [1.165, 1.54) is 4.68 Å². The third-order valence-electron chi connectivity index (χ3n) is 3.57. The van der Waals surface area contributed by atoms with E-state index in [0.29, 0.717) is 11.1 Å². The lowest BCUT2D eigenvalue weighted by Gasteiger charge is -2.13. The van der Waals surface area contributed by atoms with Crippen molar-refractivity contribution in [2.45, 2.75) is 26.2 Å². The Kier molecular flexibility index (Phi) is 4.55. The molecule has 0 bridgehead atoms. The molecule has 0 aliphatic carbocycles. The van der Waals surface area contributed by atoms with E-state index >= 15 is 0 Å². The maximum atomic E-state index is 12.4. The van der Waals surface area contributed by atoms with E-state index in [-0.39, 0.29) is 25.3 Å². The average Bonchev–Trinajstić information content (AvgIpc) is 3.06. The van der Waals surface area contributed by atoms with Crippen LogP contribution < -0.4 is 5.56 Å². The number of hydrogen-bond donors (Lipinski definition) is 1. The van der Waals surface area contributed by atoms with E-state index in [9.17, 15) is 9.90 Å². The first-order valence-electron chi connectivity index (χ1n) is 7.40. The Labute approximate surface area is 132 Å². The summed E-state index contributed by atoms with van der Waals surface area (Å²) in [5.74, 6) is 0.689. The number of aliphatic hydroxyl groups is 1. The second-order valence-corrected chi connectivity index (χ2v) is 5.37. The molecule has 23 heavy (non-hydrogen) atoms. The zero-order chi connectivity index (χ0) is 16.2. The summed E-state index contributed by atoms with van der Waals surface area (Å²) < 4.78 is 11.8. The van der Waals surface area contributed by atoms with Crippen LogP contribution in [0, 0.1) is 6.92 Å². The molecule has 1 atom stereocenters. The van der Waals surface area contributed by atoms with Crippen LogP contribution in [0.4, 0.5) is 0 Å². The molecule has 3 rings (SSSR count). The first-order chi connectivity index (χ1) is 11.1. The predicted octanol–water partition coefficient (Wildman–Crippen LogP) is 1.88. The third kappa shape index (κ3) is 3.49. The Morgan fingerprint density at radius 1 is 1.26 bits per heavy atom. The lowest BCUT2D eigenvalue weighted by molar-refractivity contribution is 0.0125. The van der Waals surface area contributed by atoms with E-state index < -0.39 is 6.10 Å². The van der Waals surface area contributed by atoms with Crippen molar-refractivity contribution in [1.29, 1.82) is 0 Å². The molecular formula is C17H18N2O4. The van der Waals surface area contributed by atoms with Crippen LogP contribution >= 0.6 is 0 Å². The van der Waals surface area contributed by atoms with Crippen LogP contribution in [0.2, 0.25) is 0 Å². The molecule has 0 fully saturated rings. The first-order valence-corrected chi connectivity index (χ1v) is 7.40. The minimum Gasteiger partial charge on any atom is -0.467 e. The van der Waals surface area contributed by atoms with Crippen molar-refractivity contribution in [3.8, 4) is 0 Å². The maximum Gasteiger partial charge on any atom is 0.274 e. The molecule has 0 aliphatic heterocycles. The largest absolute Gasteiger partial charge is 0.467 e. The van der Waals surface area contributed by atoms with Crippen LogP contribution in [0.3, 0.4) is 0 Å². The second-order valence-electron chi connectivity index (χ2n) is 5.37. The number of rotatable bonds is 6. The number of benzene rings is 1. The zero-order valence-electron chi connectivity index (χ0n) is 12.8. The van der Waals surface area contributed by atoms with Gasteiger partial charge in [0.2, 0.25) is 0 Å². The normalized spacial score (nSPS) is 12.6. The van der Waals surface area contributed by atoms with E-state index in [4.69, 9.17) is 9.15 Å². The summed E-state index contributed by atoms with van der Waals surface area (Å²) in [7, 11) is 0. The predicted molar refractivity (Wildman–Crippen MR) is 85.1 cm³/mol. The number of aromatic nitrogens is 2. The number of aryl methyl sites for hydroxylation is 1. The smallest absolute Gasteiger partial charge is 0.274 e. The van der Waals surface area contributed by atoms with Crippen molar-refractivity contribution in [2.24, 2.45) is 0 Å². The monoisotopic (exact) mass is 314 g/mol. The SMILES string of the molecule is Cc1nn(C[C@H](O)COCc2ccco2)c(=O)c2ccccc12. The van der Waals surface area contributed by atoms with Crippen molar-refractivity contribution >= 4 is 10.8 Å². The fraction of sp³-hybridized carbons (Fsp3) is 0.294. The van der Waals surface area contributed by atoms with Gasteiger partial charge in [-0.1, -0.05) is 18.2 Å². The Bertz CT molecular complexity index is 839. The van der Waals surface area contributed by atoms with Gasteiger partial charge in [0.1, 0.15) is 12.4 Å². The molecule has 3 aromatic rings. The summed E-state index contributed by atoms with van der Waals surface area (Å²) in [6, 6.07) is 10.9. The van der Waals surface area contributed by atoms with Gasteiger partial charge in [-0.15, -0.1) is 0 Å². The zero-order valence-corrected chi connectivity index (χ0v) is 12.8. The van der Waals surface area contributed by atoms with Crippen LogP contribution in [0.25, 0.3) is 10.8 Å². The van der Waals surface area contributed by atoms with Gasteiger partial charge in [0, 0.05) is 5.39 Å². The van der Waals surface area contributed by atoms with Crippen molar-refractivity contribution in [3.05, 3.63) is 64.5 Å². The van der Waals surface area contributed by atoms with Gasteiger partial charge < -0.3 is 14.3 Å². The highest BCUT2D eigenvalue weighted by Crippen LogP contribution is 2.12. The highest BCUT2D eigenvalue weighted by atomic mass is 16.5. The van der Waals surface area contributed by atoms with Gasteiger partial charge in [0.25, 0.3) is 5.56 Å². The van der Waals surface area contributed by atoms with E-state index in [0.717, 1.165) is 11.1 Å². The van der Waals surface area contributed by atoms with Crippen LogP contribution in [-0.2, 0) is 17.9 Å². The molecule has 120 valence electrons. The standard InChI is InChI=1S/C17H18N2O4/c1-12-15-6-2-3-7-16(15)17(21)19(18-12)9-13(20)10-22-11-14-5-4-8-23-14/h2-8,13,20H,9-11H2,1H3/t13-/m0/s1. The lowest BCUT2D eigenvalue weighted by Crippen LogP contribution is -2.31. The first kappa shape index (κ1) is 15.5. The van der Waals surface area contributed by atoms with Crippen molar-refractivity contribution < 1.29 is 14.3 Å². The van der Waals surface area contributed by atoms with Crippen LogP contribution in [0.1, 0.15) is 11.5 Å². The molecule has 0 aliphatic rings. The number of fused-ring (bicyclic) bond motifs is 1. The van der Waals surface area contributed by atoms with Crippen molar-refractivity contribution in [3.63, 3.8) is 0 Å². The molecule has 6 heteroatoms. The molecule has 2 aromatic heterocycles. The minimum atomic E-state index is -0.823. The second kappa shape index (κ2) is 6.76. The van der Waals surface area contributed by atoms with Crippen molar-refractivity contribution in [1.82, 2.24) is 9.78 Å². The van der Waals surface area contributed by atoms with Gasteiger partial charge >= 0.3 is 0 Å². The van der Waals surface area contributed by atoms with Gasteiger partial charge in [-0.25, -0.2) is 4.68 Å². The molecule has 0 radical (unpaired) electrons. The number of ether oxygens (including phenoxy) is 1. The Hall–Kier alpha value is -2.44. The summed E-state index contributed by atoms with van der Waals surface area (Å²) in [6.07, 6.45) is 0.743. The molecule has 2 heterocycles. The molecule has 0 spiro atoms.